The van der Waals surface area contributed by atoms with Crippen LogP contribution in [-0.4, -0.2) is 31.9 Å². The molecule has 0 amide bonds. The lowest BCUT2D eigenvalue weighted by molar-refractivity contribution is -0.140. The first kappa shape index (κ1) is 14.6. The molecule has 0 aromatic heterocycles. The SMILES string of the molecule is CCOc1ccc(/C=C/C(=O)OCC2CCCO2)cc1. The molecule has 1 heterocycles. The van der Waals surface area contributed by atoms with Crippen molar-refractivity contribution in [2.45, 2.75) is 25.9 Å². The van der Waals surface area contributed by atoms with Crippen LogP contribution in [0.1, 0.15) is 25.3 Å². The van der Waals surface area contributed by atoms with Gasteiger partial charge in [0.1, 0.15) is 12.4 Å². The van der Waals surface area contributed by atoms with E-state index in [0.29, 0.717) is 13.2 Å². The summed E-state index contributed by atoms with van der Waals surface area (Å²) in [6.45, 7) is 3.69. The molecule has 4 heteroatoms. The number of ether oxygens (including phenoxy) is 3. The van der Waals surface area contributed by atoms with Crippen LogP contribution in [0.15, 0.2) is 30.3 Å². The van der Waals surface area contributed by atoms with Gasteiger partial charge in [0.15, 0.2) is 0 Å². The minimum atomic E-state index is -0.339. The van der Waals surface area contributed by atoms with Crippen molar-refractivity contribution in [3.63, 3.8) is 0 Å². The number of hydrogen-bond donors (Lipinski definition) is 0. The second-order valence-electron chi connectivity index (χ2n) is 4.60. The smallest absolute Gasteiger partial charge is 0.330 e. The Morgan fingerprint density at radius 2 is 2.20 bits per heavy atom. The summed E-state index contributed by atoms with van der Waals surface area (Å²) in [6.07, 6.45) is 5.25. The third-order valence-electron chi connectivity index (χ3n) is 3.04. The molecule has 4 nitrogen and oxygen atoms in total. The molecule has 0 radical (unpaired) electrons. The lowest BCUT2D eigenvalue weighted by Gasteiger charge is -2.08. The van der Waals surface area contributed by atoms with E-state index in [2.05, 4.69) is 0 Å². The number of hydrogen-bond acceptors (Lipinski definition) is 4. The normalized spacial score (nSPS) is 18.4. The van der Waals surface area contributed by atoms with E-state index in [0.717, 1.165) is 30.8 Å². The topological polar surface area (TPSA) is 44.8 Å². The van der Waals surface area contributed by atoms with E-state index in [4.69, 9.17) is 14.2 Å². The maximum atomic E-state index is 11.6. The van der Waals surface area contributed by atoms with Crippen molar-refractivity contribution in [3.05, 3.63) is 35.9 Å². The minimum absolute atomic E-state index is 0.0674. The summed E-state index contributed by atoms with van der Waals surface area (Å²) < 4.78 is 15.9. The Bertz CT molecular complexity index is 444. The molecule has 0 bridgehead atoms. The van der Waals surface area contributed by atoms with Gasteiger partial charge in [-0.05, 0) is 43.5 Å². The first-order valence-corrected chi connectivity index (χ1v) is 6.97. The minimum Gasteiger partial charge on any atom is -0.494 e. The highest BCUT2D eigenvalue weighted by Gasteiger charge is 2.16. The van der Waals surface area contributed by atoms with Gasteiger partial charge in [-0.1, -0.05) is 12.1 Å². The molecule has 0 saturated carbocycles. The van der Waals surface area contributed by atoms with Crippen LogP contribution in [0.5, 0.6) is 5.75 Å². The van der Waals surface area contributed by atoms with Crippen LogP contribution in [0.4, 0.5) is 0 Å². The first-order valence-electron chi connectivity index (χ1n) is 6.97. The molecular weight excluding hydrogens is 256 g/mol. The van der Waals surface area contributed by atoms with Crippen molar-refractivity contribution in [1.82, 2.24) is 0 Å². The van der Waals surface area contributed by atoms with Gasteiger partial charge >= 0.3 is 5.97 Å². The van der Waals surface area contributed by atoms with Crippen molar-refractivity contribution in [2.24, 2.45) is 0 Å². The van der Waals surface area contributed by atoms with Crippen LogP contribution in [0.3, 0.4) is 0 Å². The van der Waals surface area contributed by atoms with Crippen LogP contribution in [0.2, 0.25) is 0 Å². The van der Waals surface area contributed by atoms with Gasteiger partial charge in [-0.2, -0.15) is 0 Å². The summed E-state index contributed by atoms with van der Waals surface area (Å²) in [7, 11) is 0. The number of esters is 1. The van der Waals surface area contributed by atoms with Crippen molar-refractivity contribution < 1.29 is 19.0 Å². The Balaban J connectivity index is 1.77. The summed E-state index contributed by atoms with van der Waals surface area (Å²) in [4.78, 5) is 11.6. The maximum absolute atomic E-state index is 11.6. The van der Waals surface area contributed by atoms with Crippen LogP contribution in [0, 0.1) is 0 Å². The molecular formula is C16H20O4. The second kappa shape index (κ2) is 7.70. The molecule has 1 aromatic carbocycles. The zero-order valence-corrected chi connectivity index (χ0v) is 11.7. The molecule has 0 spiro atoms. The molecule has 1 fully saturated rings. The lowest BCUT2D eigenvalue weighted by atomic mass is 10.2. The Morgan fingerprint density at radius 1 is 1.40 bits per heavy atom. The van der Waals surface area contributed by atoms with E-state index < -0.39 is 0 Å². The largest absolute Gasteiger partial charge is 0.494 e. The zero-order chi connectivity index (χ0) is 14.2. The Hall–Kier alpha value is -1.81. The van der Waals surface area contributed by atoms with E-state index >= 15 is 0 Å². The van der Waals surface area contributed by atoms with E-state index in [1.165, 1.54) is 6.08 Å². The fourth-order valence-corrected chi connectivity index (χ4v) is 2.01. The van der Waals surface area contributed by atoms with Crippen molar-refractivity contribution >= 4 is 12.0 Å². The fraction of sp³-hybridized carbons (Fsp3) is 0.438. The van der Waals surface area contributed by atoms with E-state index in [1.54, 1.807) is 6.08 Å². The zero-order valence-electron chi connectivity index (χ0n) is 11.7. The van der Waals surface area contributed by atoms with Gasteiger partial charge < -0.3 is 14.2 Å². The van der Waals surface area contributed by atoms with Gasteiger partial charge in [0.2, 0.25) is 0 Å². The highest BCUT2D eigenvalue weighted by atomic mass is 16.6. The van der Waals surface area contributed by atoms with E-state index in [-0.39, 0.29) is 12.1 Å². The number of carbonyl (C=O) groups is 1. The molecule has 1 aliphatic rings. The molecule has 1 aliphatic heterocycles. The molecule has 1 aromatic rings. The predicted molar refractivity (Wildman–Crippen MR) is 76.6 cm³/mol. The van der Waals surface area contributed by atoms with Gasteiger partial charge in [-0.15, -0.1) is 0 Å². The van der Waals surface area contributed by atoms with E-state index in [9.17, 15) is 4.79 Å². The molecule has 1 saturated heterocycles. The molecule has 0 aliphatic carbocycles. The molecule has 108 valence electrons. The number of benzene rings is 1. The second-order valence-corrected chi connectivity index (χ2v) is 4.60. The van der Waals surface area contributed by atoms with Gasteiger partial charge in [-0.3, -0.25) is 0 Å². The summed E-state index contributed by atoms with van der Waals surface area (Å²) in [5.41, 5.74) is 0.933. The average Bonchev–Trinajstić information content (AvgIpc) is 2.98. The van der Waals surface area contributed by atoms with Gasteiger partial charge in [0.05, 0.1) is 12.7 Å². The number of carbonyl (C=O) groups excluding carboxylic acids is 1. The lowest BCUT2D eigenvalue weighted by Crippen LogP contribution is -2.16. The Labute approximate surface area is 119 Å². The van der Waals surface area contributed by atoms with Crippen LogP contribution in [0.25, 0.3) is 6.08 Å². The standard InChI is InChI=1S/C16H20O4/c1-2-18-14-8-5-13(6-9-14)7-10-16(17)20-12-15-4-3-11-19-15/h5-10,15H,2-4,11-12H2,1H3/b10-7+. The average molecular weight is 276 g/mol. The third kappa shape index (κ3) is 4.70. The fourth-order valence-electron chi connectivity index (χ4n) is 2.01. The van der Waals surface area contributed by atoms with Crippen LogP contribution >= 0.6 is 0 Å². The summed E-state index contributed by atoms with van der Waals surface area (Å²) in [5.74, 6) is 0.486. The van der Waals surface area contributed by atoms with E-state index in [1.807, 2.05) is 31.2 Å². The third-order valence-corrected chi connectivity index (χ3v) is 3.04. The summed E-state index contributed by atoms with van der Waals surface area (Å²) >= 11 is 0. The van der Waals surface area contributed by atoms with Crippen molar-refractivity contribution in [2.75, 3.05) is 19.8 Å². The van der Waals surface area contributed by atoms with Crippen molar-refractivity contribution in [3.8, 4) is 5.75 Å². The molecule has 2 rings (SSSR count). The van der Waals surface area contributed by atoms with Crippen LogP contribution in [-0.2, 0) is 14.3 Å². The monoisotopic (exact) mass is 276 g/mol. The quantitative estimate of drug-likeness (QED) is 0.592. The first-order chi connectivity index (χ1) is 9.78. The summed E-state index contributed by atoms with van der Waals surface area (Å²) in [6, 6.07) is 7.55. The Morgan fingerprint density at radius 3 is 2.85 bits per heavy atom. The van der Waals surface area contributed by atoms with Crippen molar-refractivity contribution in [1.29, 1.82) is 0 Å². The van der Waals surface area contributed by atoms with Gasteiger partial charge in [0.25, 0.3) is 0 Å². The van der Waals surface area contributed by atoms with Gasteiger partial charge in [-0.25, -0.2) is 4.79 Å². The maximum Gasteiger partial charge on any atom is 0.330 e. The molecule has 0 N–H and O–H groups in total. The molecule has 20 heavy (non-hydrogen) atoms. The van der Waals surface area contributed by atoms with Crippen LogP contribution < -0.4 is 4.74 Å². The number of rotatable bonds is 6. The molecule has 1 unspecified atom stereocenters. The molecule has 1 atom stereocenters. The predicted octanol–water partition coefficient (Wildman–Crippen LogP) is 2.82. The highest BCUT2D eigenvalue weighted by molar-refractivity contribution is 5.87. The highest BCUT2D eigenvalue weighted by Crippen LogP contribution is 2.14. The Kier molecular flexibility index (Phi) is 5.62. The summed E-state index contributed by atoms with van der Waals surface area (Å²) in [5, 5.41) is 0. The van der Waals surface area contributed by atoms with Gasteiger partial charge in [0, 0.05) is 12.7 Å².